The first kappa shape index (κ1) is 14.7. The van der Waals surface area contributed by atoms with Crippen LogP contribution >= 0.6 is 0 Å². The molecular formula is C15H30N2. The van der Waals surface area contributed by atoms with Crippen molar-refractivity contribution < 1.29 is 0 Å². The van der Waals surface area contributed by atoms with Gasteiger partial charge in [-0.3, -0.25) is 4.90 Å². The molecule has 1 N–H and O–H groups in total. The zero-order valence-corrected chi connectivity index (χ0v) is 12.1. The molecule has 1 heterocycles. The third-order valence-corrected chi connectivity index (χ3v) is 3.42. The number of likely N-dealkylation sites (tertiary alicyclic amines) is 1. The molecule has 1 aliphatic heterocycles. The van der Waals surface area contributed by atoms with Gasteiger partial charge in [-0.15, -0.1) is 0 Å². The minimum atomic E-state index is 0.748. The second kappa shape index (κ2) is 7.88. The highest BCUT2D eigenvalue weighted by Crippen LogP contribution is 2.16. The molecule has 17 heavy (non-hydrogen) atoms. The molecule has 0 amide bonds. The van der Waals surface area contributed by atoms with Crippen LogP contribution in [0.1, 0.15) is 47.0 Å². The molecule has 0 saturated carbocycles. The Labute approximate surface area is 107 Å². The molecule has 1 atom stereocenters. The van der Waals surface area contributed by atoms with Crippen LogP contribution in [0.4, 0.5) is 0 Å². The van der Waals surface area contributed by atoms with Gasteiger partial charge >= 0.3 is 0 Å². The van der Waals surface area contributed by atoms with Gasteiger partial charge in [0.15, 0.2) is 0 Å². The van der Waals surface area contributed by atoms with E-state index in [0.717, 1.165) is 31.6 Å². The summed E-state index contributed by atoms with van der Waals surface area (Å²) in [5.74, 6) is 0.754. The normalized spacial score (nSPS) is 21.8. The molecule has 1 saturated heterocycles. The summed E-state index contributed by atoms with van der Waals surface area (Å²) in [7, 11) is 0. The van der Waals surface area contributed by atoms with Crippen LogP contribution in [-0.2, 0) is 0 Å². The van der Waals surface area contributed by atoms with Gasteiger partial charge in [-0.05, 0) is 45.7 Å². The second-order valence-corrected chi connectivity index (χ2v) is 5.98. The van der Waals surface area contributed by atoms with Crippen molar-refractivity contribution in [3.05, 3.63) is 11.6 Å². The molecule has 2 nitrogen and oxygen atoms in total. The Morgan fingerprint density at radius 1 is 1.35 bits per heavy atom. The SMILES string of the molecule is CC(C)=CCN1CCCCC1CNCC(C)C. The summed E-state index contributed by atoms with van der Waals surface area (Å²) in [6.45, 7) is 13.6. The minimum absolute atomic E-state index is 0.748. The second-order valence-electron chi connectivity index (χ2n) is 5.98. The molecule has 0 aromatic heterocycles. The van der Waals surface area contributed by atoms with Crippen LogP contribution in [-0.4, -0.2) is 37.1 Å². The number of piperidine rings is 1. The lowest BCUT2D eigenvalue weighted by Crippen LogP contribution is -2.46. The molecule has 0 radical (unpaired) electrons. The Hall–Kier alpha value is -0.340. The van der Waals surface area contributed by atoms with E-state index >= 15 is 0 Å². The van der Waals surface area contributed by atoms with Crippen molar-refractivity contribution in [2.45, 2.75) is 53.0 Å². The van der Waals surface area contributed by atoms with E-state index in [1.165, 1.54) is 31.4 Å². The highest BCUT2D eigenvalue weighted by Gasteiger charge is 2.20. The van der Waals surface area contributed by atoms with Crippen molar-refractivity contribution in [2.24, 2.45) is 5.92 Å². The van der Waals surface area contributed by atoms with E-state index in [9.17, 15) is 0 Å². The fourth-order valence-electron chi connectivity index (χ4n) is 2.37. The van der Waals surface area contributed by atoms with Crippen LogP contribution in [0, 0.1) is 5.92 Å². The van der Waals surface area contributed by atoms with E-state index in [0.29, 0.717) is 0 Å². The molecule has 2 heteroatoms. The number of allylic oxidation sites excluding steroid dienone is 1. The minimum Gasteiger partial charge on any atom is -0.315 e. The molecule has 0 aromatic rings. The molecule has 0 bridgehead atoms. The molecule has 100 valence electrons. The monoisotopic (exact) mass is 238 g/mol. The first-order valence-corrected chi connectivity index (χ1v) is 7.17. The average molecular weight is 238 g/mol. The molecular weight excluding hydrogens is 208 g/mol. The third kappa shape index (κ3) is 6.23. The zero-order chi connectivity index (χ0) is 12.7. The van der Waals surface area contributed by atoms with Crippen LogP contribution in [0.2, 0.25) is 0 Å². The van der Waals surface area contributed by atoms with Gasteiger partial charge in [0.2, 0.25) is 0 Å². The van der Waals surface area contributed by atoms with E-state index in [4.69, 9.17) is 0 Å². The largest absolute Gasteiger partial charge is 0.315 e. The highest BCUT2D eigenvalue weighted by molar-refractivity contribution is 4.96. The fourth-order valence-corrected chi connectivity index (χ4v) is 2.37. The summed E-state index contributed by atoms with van der Waals surface area (Å²) in [6, 6.07) is 0.748. The Morgan fingerprint density at radius 3 is 2.76 bits per heavy atom. The maximum Gasteiger partial charge on any atom is 0.0223 e. The van der Waals surface area contributed by atoms with Crippen molar-refractivity contribution >= 4 is 0 Å². The molecule has 1 rings (SSSR count). The Kier molecular flexibility index (Phi) is 6.83. The summed E-state index contributed by atoms with van der Waals surface area (Å²) in [6.07, 6.45) is 6.50. The summed E-state index contributed by atoms with van der Waals surface area (Å²) in [5, 5.41) is 3.61. The summed E-state index contributed by atoms with van der Waals surface area (Å²) in [4.78, 5) is 2.64. The van der Waals surface area contributed by atoms with Gasteiger partial charge in [0.1, 0.15) is 0 Å². The van der Waals surface area contributed by atoms with Crippen molar-refractivity contribution in [2.75, 3.05) is 26.2 Å². The predicted molar refractivity (Wildman–Crippen MR) is 76.4 cm³/mol. The van der Waals surface area contributed by atoms with Crippen molar-refractivity contribution in [3.8, 4) is 0 Å². The number of nitrogens with zero attached hydrogens (tertiary/aromatic N) is 1. The average Bonchev–Trinajstić information content (AvgIpc) is 2.27. The van der Waals surface area contributed by atoms with E-state index in [-0.39, 0.29) is 0 Å². The molecule has 1 aliphatic rings. The van der Waals surface area contributed by atoms with Gasteiger partial charge in [-0.1, -0.05) is 31.9 Å². The number of hydrogen-bond donors (Lipinski definition) is 1. The van der Waals surface area contributed by atoms with Crippen LogP contribution in [0.3, 0.4) is 0 Å². The van der Waals surface area contributed by atoms with E-state index in [1.807, 2.05) is 0 Å². The first-order valence-electron chi connectivity index (χ1n) is 7.17. The van der Waals surface area contributed by atoms with E-state index in [1.54, 1.807) is 0 Å². The first-order chi connectivity index (χ1) is 8.09. The van der Waals surface area contributed by atoms with Crippen molar-refractivity contribution in [3.63, 3.8) is 0 Å². The van der Waals surface area contributed by atoms with Gasteiger partial charge in [0, 0.05) is 19.1 Å². The number of rotatable bonds is 6. The van der Waals surface area contributed by atoms with Crippen LogP contribution in [0.5, 0.6) is 0 Å². The lowest BCUT2D eigenvalue weighted by Gasteiger charge is -2.35. The Morgan fingerprint density at radius 2 is 2.12 bits per heavy atom. The Balaban J connectivity index is 2.34. The number of nitrogens with one attached hydrogen (secondary N) is 1. The van der Waals surface area contributed by atoms with Crippen molar-refractivity contribution in [1.29, 1.82) is 0 Å². The molecule has 1 unspecified atom stereocenters. The van der Waals surface area contributed by atoms with Gasteiger partial charge in [0.25, 0.3) is 0 Å². The topological polar surface area (TPSA) is 15.3 Å². The maximum atomic E-state index is 3.61. The van der Waals surface area contributed by atoms with Gasteiger partial charge in [-0.25, -0.2) is 0 Å². The molecule has 1 fully saturated rings. The molecule has 0 aliphatic carbocycles. The Bertz CT molecular complexity index is 229. The summed E-state index contributed by atoms with van der Waals surface area (Å²) < 4.78 is 0. The van der Waals surface area contributed by atoms with E-state index in [2.05, 4.69) is 44.0 Å². The number of hydrogen-bond acceptors (Lipinski definition) is 2. The van der Waals surface area contributed by atoms with Crippen LogP contribution in [0.25, 0.3) is 0 Å². The summed E-state index contributed by atoms with van der Waals surface area (Å²) in [5.41, 5.74) is 1.43. The molecule has 0 aromatic carbocycles. The summed E-state index contributed by atoms with van der Waals surface area (Å²) >= 11 is 0. The third-order valence-electron chi connectivity index (χ3n) is 3.42. The zero-order valence-electron chi connectivity index (χ0n) is 12.1. The lowest BCUT2D eigenvalue weighted by atomic mass is 10.0. The van der Waals surface area contributed by atoms with Crippen LogP contribution in [0.15, 0.2) is 11.6 Å². The van der Waals surface area contributed by atoms with Crippen LogP contribution < -0.4 is 5.32 Å². The maximum absolute atomic E-state index is 3.61. The predicted octanol–water partition coefficient (Wildman–Crippen LogP) is 3.05. The fraction of sp³-hybridized carbons (Fsp3) is 0.867. The standard InChI is InChI=1S/C15H30N2/c1-13(2)8-10-17-9-6-5-7-15(17)12-16-11-14(3)4/h8,14-16H,5-7,9-12H2,1-4H3. The van der Waals surface area contributed by atoms with E-state index < -0.39 is 0 Å². The highest BCUT2D eigenvalue weighted by atomic mass is 15.2. The van der Waals surface area contributed by atoms with Crippen molar-refractivity contribution in [1.82, 2.24) is 10.2 Å². The lowest BCUT2D eigenvalue weighted by molar-refractivity contribution is 0.161. The van der Waals surface area contributed by atoms with Gasteiger partial charge < -0.3 is 5.32 Å². The quantitative estimate of drug-likeness (QED) is 0.716. The smallest absolute Gasteiger partial charge is 0.0223 e. The van der Waals surface area contributed by atoms with Gasteiger partial charge in [-0.2, -0.15) is 0 Å². The molecule has 0 spiro atoms. The van der Waals surface area contributed by atoms with Gasteiger partial charge in [0.05, 0.1) is 0 Å².